The summed E-state index contributed by atoms with van der Waals surface area (Å²) in [5, 5.41) is 1.17. The molecule has 1 aliphatic heterocycles. The van der Waals surface area contributed by atoms with E-state index >= 15 is 0 Å². The molecular formula is C10H20BrNS. The van der Waals surface area contributed by atoms with Gasteiger partial charge in [-0.2, -0.15) is 11.8 Å². The van der Waals surface area contributed by atoms with Crippen LogP contribution in [0.5, 0.6) is 0 Å². The van der Waals surface area contributed by atoms with Crippen molar-refractivity contribution in [2.75, 3.05) is 30.4 Å². The average Bonchev–Trinajstić information content (AvgIpc) is 2.59. The van der Waals surface area contributed by atoms with E-state index in [1.807, 2.05) is 11.8 Å². The number of rotatable bonds is 6. The van der Waals surface area contributed by atoms with E-state index < -0.39 is 0 Å². The Balaban J connectivity index is 2.18. The summed E-state index contributed by atoms with van der Waals surface area (Å²) >= 11 is 5.47. The minimum atomic E-state index is 0.893. The first-order valence-corrected chi connectivity index (χ1v) is 7.69. The van der Waals surface area contributed by atoms with Crippen LogP contribution in [0.3, 0.4) is 0 Å². The molecule has 1 nitrogen and oxygen atoms in total. The minimum absolute atomic E-state index is 0.893. The van der Waals surface area contributed by atoms with Crippen molar-refractivity contribution in [3.63, 3.8) is 0 Å². The van der Waals surface area contributed by atoms with Crippen molar-refractivity contribution in [1.29, 1.82) is 0 Å². The summed E-state index contributed by atoms with van der Waals surface area (Å²) in [6.07, 6.45) is 7.77. The molecule has 13 heavy (non-hydrogen) atoms. The van der Waals surface area contributed by atoms with Gasteiger partial charge in [0.25, 0.3) is 0 Å². The minimum Gasteiger partial charge on any atom is -0.300 e. The predicted molar refractivity (Wildman–Crippen MR) is 66.0 cm³/mol. The highest BCUT2D eigenvalue weighted by molar-refractivity contribution is 9.09. The first-order valence-electron chi connectivity index (χ1n) is 5.17. The summed E-state index contributed by atoms with van der Waals surface area (Å²) in [5.74, 6) is 1.30. The number of halogens is 1. The second-order valence-corrected chi connectivity index (χ2v) is 5.43. The van der Waals surface area contributed by atoms with Crippen LogP contribution in [0.25, 0.3) is 0 Å². The van der Waals surface area contributed by atoms with E-state index in [2.05, 4.69) is 27.1 Å². The first-order chi connectivity index (χ1) is 6.38. The summed E-state index contributed by atoms with van der Waals surface area (Å²) < 4.78 is 0. The Kier molecular flexibility index (Phi) is 6.51. The lowest BCUT2D eigenvalue weighted by Gasteiger charge is -2.23. The van der Waals surface area contributed by atoms with Gasteiger partial charge in [-0.25, -0.2) is 0 Å². The topological polar surface area (TPSA) is 3.24 Å². The molecule has 0 radical (unpaired) electrons. The number of nitrogens with zero attached hydrogens (tertiary/aromatic N) is 1. The van der Waals surface area contributed by atoms with E-state index in [9.17, 15) is 0 Å². The lowest BCUT2D eigenvalue weighted by Crippen LogP contribution is -2.31. The number of alkyl halides is 1. The van der Waals surface area contributed by atoms with Crippen LogP contribution in [0.2, 0.25) is 0 Å². The van der Waals surface area contributed by atoms with Crippen LogP contribution in [0.15, 0.2) is 0 Å². The number of hydrogen-bond donors (Lipinski definition) is 0. The molecule has 0 aromatic heterocycles. The van der Waals surface area contributed by atoms with Gasteiger partial charge >= 0.3 is 0 Å². The molecule has 78 valence electrons. The zero-order valence-corrected chi connectivity index (χ0v) is 10.9. The van der Waals surface area contributed by atoms with Crippen molar-refractivity contribution in [3.05, 3.63) is 0 Å². The van der Waals surface area contributed by atoms with Crippen molar-refractivity contribution in [3.8, 4) is 0 Å². The monoisotopic (exact) mass is 265 g/mol. The fraction of sp³-hybridized carbons (Fsp3) is 1.00. The maximum absolute atomic E-state index is 3.51. The van der Waals surface area contributed by atoms with Crippen LogP contribution < -0.4 is 0 Å². The van der Waals surface area contributed by atoms with Crippen LogP contribution in [0.4, 0.5) is 0 Å². The second kappa shape index (κ2) is 7.13. The van der Waals surface area contributed by atoms with Gasteiger partial charge in [0.05, 0.1) is 0 Å². The third-order valence-electron chi connectivity index (χ3n) is 2.75. The highest BCUT2D eigenvalue weighted by Crippen LogP contribution is 2.21. The molecule has 1 atom stereocenters. The quantitative estimate of drug-likeness (QED) is 0.680. The van der Waals surface area contributed by atoms with Crippen LogP contribution in [0, 0.1) is 0 Å². The zero-order chi connectivity index (χ0) is 9.52. The molecule has 0 amide bonds. The van der Waals surface area contributed by atoms with Crippen LogP contribution in [-0.2, 0) is 0 Å². The van der Waals surface area contributed by atoms with E-state index in [1.165, 1.54) is 49.9 Å². The fourth-order valence-corrected chi connectivity index (χ4v) is 2.78. The van der Waals surface area contributed by atoms with Gasteiger partial charge in [0, 0.05) is 23.7 Å². The fourth-order valence-electron chi connectivity index (χ4n) is 2.04. The van der Waals surface area contributed by atoms with Crippen LogP contribution in [-0.4, -0.2) is 41.4 Å². The Labute approximate surface area is 94.8 Å². The van der Waals surface area contributed by atoms with Crippen LogP contribution >= 0.6 is 27.7 Å². The van der Waals surface area contributed by atoms with E-state index in [0.717, 1.165) is 6.04 Å². The third kappa shape index (κ3) is 4.22. The van der Waals surface area contributed by atoms with Gasteiger partial charge in [-0.05, 0) is 38.5 Å². The molecule has 0 aromatic rings. The Morgan fingerprint density at radius 3 is 3.08 bits per heavy atom. The van der Waals surface area contributed by atoms with E-state index in [1.54, 1.807) is 0 Å². The molecule has 0 bridgehead atoms. The second-order valence-electron chi connectivity index (χ2n) is 3.66. The van der Waals surface area contributed by atoms with Gasteiger partial charge in [0.15, 0.2) is 0 Å². The third-order valence-corrected chi connectivity index (χ3v) is 3.90. The standard InChI is InChI=1S/C10H20BrNS/c1-13-9-8-12-7-3-5-10(12)4-2-6-11/h10H,2-9H2,1H3. The Morgan fingerprint density at radius 1 is 1.54 bits per heavy atom. The van der Waals surface area contributed by atoms with E-state index in [0.29, 0.717) is 0 Å². The van der Waals surface area contributed by atoms with E-state index in [-0.39, 0.29) is 0 Å². The Hall–Kier alpha value is 0.790. The maximum Gasteiger partial charge on any atom is 0.00963 e. The largest absolute Gasteiger partial charge is 0.300 e. The first kappa shape index (κ1) is 11.9. The molecule has 1 unspecified atom stereocenters. The molecule has 0 N–H and O–H groups in total. The number of likely N-dealkylation sites (tertiary alicyclic amines) is 1. The summed E-state index contributed by atoms with van der Waals surface area (Å²) in [5.41, 5.74) is 0. The SMILES string of the molecule is CSCCN1CCCC1CCCBr. The maximum atomic E-state index is 3.51. The summed E-state index contributed by atoms with van der Waals surface area (Å²) in [6.45, 7) is 2.64. The highest BCUT2D eigenvalue weighted by atomic mass is 79.9. The predicted octanol–water partition coefficient (Wildman–Crippen LogP) is 2.99. The molecule has 1 aliphatic rings. The molecule has 0 saturated carbocycles. The van der Waals surface area contributed by atoms with Crippen molar-refractivity contribution < 1.29 is 0 Å². The van der Waals surface area contributed by atoms with E-state index in [4.69, 9.17) is 0 Å². The molecule has 3 heteroatoms. The zero-order valence-electron chi connectivity index (χ0n) is 8.47. The van der Waals surface area contributed by atoms with Crippen LogP contribution in [0.1, 0.15) is 25.7 Å². The molecule has 1 rings (SSSR count). The summed E-state index contributed by atoms with van der Waals surface area (Å²) in [7, 11) is 0. The Bertz CT molecular complexity index is 118. The van der Waals surface area contributed by atoms with Gasteiger partial charge < -0.3 is 0 Å². The molecule has 0 spiro atoms. The van der Waals surface area contributed by atoms with Gasteiger partial charge in [-0.15, -0.1) is 0 Å². The average molecular weight is 266 g/mol. The van der Waals surface area contributed by atoms with Gasteiger partial charge in [0.1, 0.15) is 0 Å². The van der Waals surface area contributed by atoms with Gasteiger partial charge in [-0.3, -0.25) is 4.90 Å². The van der Waals surface area contributed by atoms with Crippen molar-refractivity contribution >= 4 is 27.7 Å². The molecule has 1 fully saturated rings. The summed E-state index contributed by atoms with van der Waals surface area (Å²) in [6, 6.07) is 0.893. The molecular weight excluding hydrogens is 246 g/mol. The smallest absolute Gasteiger partial charge is 0.00963 e. The number of thioether (sulfide) groups is 1. The van der Waals surface area contributed by atoms with Crippen molar-refractivity contribution in [1.82, 2.24) is 4.90 Å². The molecule has 0 aliphatic carbocycles. The lowest BCUT2D eigenvalue weighted by molar-refractivity contribution is 0.257. The summed E-state index contributed by atoms with van der Waals surface area (Å²) in [4.78, 5) is 2.68. The number of hydrogen-bond acceptors (Lipinski definition) is 2. The molecule has 1 heterocycles. The molecule has 1 saturated heterocycles. The van der Waals surface area contributed by atoms with Gasteiger partial charge in [-0.1, -0.05) is 15.9 Å². The lowest BCUT2D eigenvalue weighted by atomic mass is 10.1. The Morgan fingerprint density at radius 2 is 2.38 bits per heavy atom. The molecule has 0 aromatic carbocycles. The highest BCUT2D eigenvalue weighted by Gasteiger charge is 2.22. The normalized spacial score (nSPS) is 24.0. The van der Waals surface area contributed by atoms with Gasteiger partial charge in [0.2, 0.25) is 0 Å². The van der Waals surface area contributed by atoms with Crippen molar-refractivity contribution in [2.24, 2.45) is 0 Å². The van der Waals surface area contributed by atoms with Crippen molar-refractivity contribution in [2.45, 2.75) is 31.7 Å².